The molecule has 0 saturated carbocycles. The number of aromatic nitrogens is 2. The molecule has 0 aliphatic carbocycles. The maximum atomic E-state index is 5.49. The Morgan fingerprint density at radius 3 is 3.00 bits per heavy atom. The maximum absolute atomic E-state index is 5.49. The zero-order valence-corrected chi connectivity index (χ0v) is 12.1. The number of nitrogens with one attached hydrogen (secondary N) is 1. The summed E-state index contributed by atoms with van der Waals surface area (Å²) in [5.41, 5.74) is 0.989. The largest absolute Gasteiger partial charge is 0.478 e. The van der Waals surface area contributed by atoms with E-state index in [0.717, 1.165) is 17.9 Å². The number of piperidine rings is 1. The van der Waals surface area contributed by atoms with Crippen molar-refractivity contribution in [2.45, 2.75) is 39.2 Å². The lowest BCUT2D eigenvalue weighted by atomic mass is 10.0. The van der Waals surface area contributed by atoms with E-state index < -0.39 is 0 Å². The van der Waals surface area contributed by atoms with Crippen molar-refractivity contribution < 1.29 is 4.74 Å². The van der Waals surface area contributed by atoms with Crippen molar-refractivity contribution >= 4 is 5.82 Å². The lowest BCUT2D eigenvalue weighted by Gasteiger charge is -2.32. The molecule has 1 aromatic heterocycles. The molecule has 1 aliphatic heterocycles. The third-order valence-corrected chi connectivity index (χ3v) is 3.75. The summed E-state index contributed by atoms with van der Waals surface area (Å²) >= 11 is 0. The normalized spacial score (nSPS) is 20.3. The Hall–Kier alpha value is -1.36. The van der Waals surface area contributed by atoms with Crippen molar-refractivity contribution in [3.63, 3.8) is 0 Å². The monoisotopic (exact) mass is 264 g/mol. The fraction of sp³-hybridized carbons (Fsp3) is 0.714. The first-order valence-electron chi connectivity index (χ1n) is 7.11. The molecule has 1 aromatic rings. The number of hydrogen-bond donors (Lipinski definition) is 1. The number of likely N-dealkylation sites (N-methyl/N-ethyl adjacent to an activating group) is 1. The molecule has 2 rings (SSSR count). The van der Waals surface area contributed by atoms with Gasteiger partial charge < -0.3 is 15.0 Å². The van der Waals surface area contributed by atoms with Crippen LogP contribution in [0.3, 0.4) is 0 Å². The second-order valence-corrected chi connectivity index (χ2v) is 5.10. The topological polar surface area (TPSA) is 50.3 Å². The van der Waals surface area contributed by atoms with E-state index >= 15 is 0 Å². The van der Waals surface area contributed by atoms with Crippen molar-refractivity contribution in [2.24, 2.45) is 0 Å². The minimum absolute atomic E-state index is 0.596. The highest BCUT2D eigenvalue weighted by molar-refractivity contribution is 5.47. The van der Waals surface area contributed by atoms with E-state index in [-0.39, 0.29) is 0 Å². The summed E-state index contributed by atoms with van der Waals surface area (Å²) in [6, 6.07) is 0.596. The number of likely N-dealkylation sites (tertiary alicyclic amines) is 1. The Kier molecular flexibility index (Phi) is 4.96. The molecule has 1 atom stereocenters. The second kappa shape index (κ2) is 6.70. The first-order valence-corrected chi connectivity index (χ1v) is 7.11. The van der Waals surface area contributed by atoms with Crippen molar-refractivity contribution in [3.05, 3.63) is 11.9 Å². The molecule has 5 nitrogen and oxygen atoms in total. The van der Waals surface area contributed by atoms with Gasteiger partial charge in [-0.1, -0.05) is 6.42 Å². The molecule has 0 bridgehead atoms. The smallest absolute Gasteiger partial charge is 0.221 e. The molecule has 1 fully saturated rings. The van der Waals surface area contributed by atoms with Gasteiger partial charge in [0.2, 0.25) is 5.88 Å². The number of rotatable bonds is 5. The summed E-state index contributed by atoms with van der Waals surface area (Å²) in [6.07, 6.45) is 5.45. The Labute approximate surface area is 115 Å². The van der Waals surface area contributed by atoms with Gasteiger partial charge in [-0.05, 0) is 40.3 Å². The average Bonchev–Trinajstić information content (AvgIpc) is 2.42. The Balaban J connectivity index is 1.97. The Morgan fingerprint density at radius 1 is 1.42 bits per heavy atom. The minimum Gasteiger partial charge on any atom is -0.478 e. The van der Waals surface area contributed by atoms with E-state index in [1.165, 1.54) is 25.8 Å². The molecule has 1 N–H and O–H groups in total. The van der Waals surface area contributed by atoms with Crippen molar-refractivity contribution in [1.82, 2.24) is 14.9 Å². The molecule has 1 unspecified atom stereocenters. The zero-order chi connectivity index (χ0) is 13.7. The fourth-order valence-electron chi connectivity index (χ4n) is 2.51. The van der Waals surface area contributed by atoms with Gasteiger partial charge in [0.15, 0.2) is 0 Å². The molecule has 19 heavy (non-hydrogen) atoms. The first kappa shape index (κ1) is 14.1. The Morgan fingerprint density at radius 2 is 2.26 bits per heavy atom. The zero-order valence-electron chi connectivity index (χ0n) is 12.1. The molecule has 1 saturated heterocycles. The third kappa shape index (κ3) is 3.56. The summed E-state index contributed by atoms with van der Waals surface area (Å²) < 4.78 is 5.49. The number of ether oxygens (including phenoxy) is 1. The van der Waals surface area contributed by atoms with Crippen LogP contribution in [0, 0.1) is 6.92 Å². The summed E-state index contributed by atoms with van der Waals surface area (Å²) in [4.78, 5) is 10.9. The highest BCUT2D eigenvalue weighted by atomic mass is 16.5. The SMILES string of the molecule is CCOc1ncnc(NCC2CCCCN2C)c1C. The van der Waals surface area contributed by atoms with Crippen molar-refractivity contribution in [2.75, 3.05) is 32.1 Å². The van der Waals surface area contributed by atoms with Gasteiger partial charge in [0.25, 0.3) is 0 Å². The standard InChI is InChI=1S/C14H24N4O/c1-4-19-14-11(2)13(16-10-17-14)15-9-12-7-5-6-8-18(12)3/h10,12H,4-9H2,1-3H3,(H,15,16,17). The van der Waals surface area contributed by atoms with Crippen LogP contribution in [0.15, 0.2) is 6.33 Å². The van der Waals surface area contributed by atoms with E-state index in [0.29, 0.717) is 18.5 Å². The molecule has 0 spiro atoms. The molecule has 2 heterocycles. The van der Waals surface area contributed by atoms with Crippen LogP contribution in [0.2, 0.25) is 0 Å². The van der Waals surface area contributed by atoms with Crippen LogP contribution in [0.25, 0.3) is 0 Å². The van der Waals surface area contributed by atoms with E-state index in [1.807, 2.05) is 13.8 Å². The van der Waals surface area contributed by atoms with Crippen LogP contribution >= 0.6 is 0 Å². The minimum atomic E-state index is 0.596. The molecule has 5 heteroatoms. The van der Waals surface area contributed by atoms with Crippen LogP contribution in [-0.4, -0.2) is 47.7 Å². The Bertz CT molecular complexity index is 410. The van der Waals surface area contributed by atoms with Crippen LogP contribution in [-0.2, 0) is 0 Å². The molecule has 0 radical (unpaired) electrons. The lowest BCUT2D eigenvalue weighted by molar-refractivity contribution is 0.194. The number of hydrogen-bond acceptors (Lipinski definition) is 5. The van der Waals surface area contributed by atoms with Crippen LogP contribution in [0.1, 0.15) is 31.7 Å². The van der Waals surface area contributed by atoms with Gasteiger partial charge in [-0.15, -0.1) is 0 Å². The molecule has 0 aromatic carbocycles. The summed E-state index contributed by atoms with van der Waals surface area (Å²) in [6.45, 7) is 6.71. The second-order valence-electron chi connectivity index (χ2n) is 5.10. The van der Waals surface area contributed by atoms with Gasteiger partial charge in [-0.2, -0.15) is 0 Å². The first-order chi connectivity index (χ1) is 9.22. The van der Waals surface area contributed by atoms with Gasteiger partial charge in [0.05, 0.1) is 12.2 Å². The van der Waals surface area contributed by atoms with Crippen LogP contribution in [0.4, 0.5) is 5.82 Å². The maximum Gasteiger partial charge on any atom is 0.221 e. The van der Waals surface area contributed by atoms with E-state index in [9.17, 15) is 0 Å². The lowest BCUT2D eigenvalue weighted by Crippen LogP contribution is -2.40. The molecular formula is C14H24N4O. The fourth-order valence-corrected chi connectivity index (χ4v) is 2.51. The van der Waals surface area contributed by atoms with E-state index in [1.54, 1.807) is 6.33 Å². The molecule has 106 valence electrons. The van der Waals surface area contributed by atoms with Gasteiger partial charge in [-0.25, -0.2) is 9.97 Å². The van der Waals surface area contributed by atoms with E-state index in [2.05, 4.69) is 27.2 Å². The van der Waals surface area contributed by atoms with Crippen molar-refractivity contribution in [1.29, 1.82) is 0 Å². The molecular weight excluding hydrogens is 240 g/mol. The summed E-state index contributed by atoms with van der Waals surface area (Å²) in [5.74, 6) is 1.56. The quantitative estimate of drug-likeness (QED) is 0.882. The third-order valence-electron chi connectivity index (χ3n) is 3.75. The molecule has 1 aliphatic rings. The summed E-state index contributed by atoms with van der Waals surface area (Å²) in [7, 11) is 2.20. The van der Waals surface area contributed by atoms with Gasteiger partial charge in [0, 0.05) is 12.6 Å². The van der Waals surface area contributed by atoms with Crippen LogP contribution < -0.4 is 10.1 Å². The molecule has 0 amide bonds. The predicted molar refractivity (Wildman–Crippen MR) is 76.7 cm³/mol. The number of anilines is 1. The van der Waals surface area contributed by atoms with Crippen LogP contribution in [0.5, 0.6) is 5.88 Å². The van der Waals surface area contributed by atoms with Crippen molar-refractivity contribution in [3.8, 4) is 5.88 Å². The highest BCUT2D eigenvalue weighted by Crippen LogP contribution is 2.21. The van der Waals surface area contributed by atoms with Gasteiger partial charge in [-0.3, -0.25) is 0 Å². The van der Waals surface area contributed by atoms with Gasteiger partial charge in [0.1, 0.15) is 12.1 Å². The number of nitrogens with zero attached hydrogens (tertiary/aromatic N) is 3. The summed E-state index contributed by atoms with van der Waals surface area (Å²) in [5, 5.41) is 3.44. The van der Waals surface area contributed by atoms with Gasteiger partial charge >= 0.3 is 0 Å². The highest BCUT2D eigenvalue weighted by Gasteiger charge is 2.19. The average molecular weight is 264 g/mol. The van der Waals surface area contributed by atoms with E-state index in [4.69, 9.17) is 4.74 Å². The predicted octanol–water partition coefficient (Wildman–Crippen LogP) is 2.08.